The standard InChI is InChI=1S/C17H10Cl3FN2S/c1-9-16(24-11-7-5-10(18)6-8-11)15(17(20)23-22-9)14-12(19)3-2-4-13(14)21/h2-8H,1H3. The van der Waals surface area contributed by atoms with Crippen LogP contribution >= 0.6 is 46.6 Å². The molecule has 122 valence electrons. The molecule has 1 aromatic heterocycles. The molecule has 0 fully saturated rings. The Hall–Kier alpha value is -1.33. The molecule has 0 N–H and O–H groups in total. The Morgan fingerprint density at radius 3 is 2.29 bits per heavy atom. The molecule has 0 amide bonds. The van der Waals surface area contributed by atoms with Gasteiger partial charge in [0, 0.05) is 25.9 Å². The van der Waals surface area contributed by atoms with Gasteiger partial charge in [0.15, 0.2) is 5.15 Å². The van der Waals surface area contributed by atoms with Crippen molar-refractivity contribution in [1.82, 2.24) is 10.2 Å². The Morgan fingerprint density at radius 1 is 0.917 bits per heavy atom. The number of halogens is 4. The minimum Gasteiger partial charge on any atom is -0.206 e. The maximum atomic E-state index is 14.4. The smallest absolute Gasteiger partial charge is 0.160 e. The summed E-state index contributed by atoms with van der Waals surface area (Å²) in [6.45, 7) is 1.79. The quantitative estimate of drug-likeness (QED) is 0.490. The first-order chi connectivity index (χ1) is 11.5. The third kappa shape index (κ3) is 3.52. The fourth-order valence-electron chi connectivity index (χ4n) is 2.19. The Bertz CT molecular complexity index is 881. The highest BCUT2D eigenvalue weighted by atomic mass is 35.5. The number of rotatable bonds is 3. The summed E-state index contributed by atoms with van der Waals surface area (Å²) in [5, 5.41) is 8.96. The summed E-state index contributed by atoms with van der Waals surface area (Å²) in [6, 6.07) is 11.8. The number of nitrogens with zero attached hydrogens (tertiary/aromatic N) is 2. The zero-order chi connectivity index (χ0) is 17.3. The molecular formula is C17H10Cl3FN2S. The predicted molar refractivity (Wildman–Crippen MR) is 97.8 cm³/mol. The van der Waals surface area contributed by atoms with Crippen molar-refractivity contribution in [3.05, 3.63) is 69.2 Å². The van der Waals surface area contributed by atoms with Gasteiger partial charge in [0.1, 0.15) is 5.82 Å². The molecule has 7 heteroatoms. The van der Waals surface area contributed by atoms with E-state index >= 15 is 0 Å². The summed E-state index contributed by atoms with van der Waals surface area (Å²) in [7, 11) is 0. The van der Waals surface area contributed by atoms with Crippen molar-refractivity contribution in [2.45, 2.75) is 16.7 Å². The summed E-state index contributed by atoms with van der Waals surface area (Å²) in [4.78, 5) is 1.62. The highest BCUT2D eigenvalue weighted by Crippen LogP contribution is 2.43. The van der Waals surface area contributed by atoms with E-state index in [0.717, 1.165) is 4.90 Å². The van der Waals surface area contributed by atoms with Gasteiger partial charge in [-0.3, -0.25) is 0 Å². The van der Waals surface area contributed by atoms with Crippen LogP contribution in [0.1, 0.15) is 5.69 Å². The molecule has 0 aliphatic heterocycles. The van der Waals surface area contributed by atoms with E-state index in [1.54, 1.807) is 31.2 Å². The number of aryl methyl sites for hydroxylation is 1. The SMILES string of the molecule is Cc1nnc(Cl)c(-c2c(F)cccc2Cl)c1Sc1ccc(Cl)cc1. The maximum absolute atomic E-state index is 14.4. The zero-order valence-electron chi connectivity index (χ0n) is 12.4. The summed E-state index contributed by atoms with van der Waals surface area (Å²) >= 11 is 19.8. The van der Waals surface area contributed by atoms with Crippen LogP contribution in [0, 0.1) is 12.7 Å². The minimum atomic E-state index is -0.463. The van der Waals surface area contributed by atoms with Crippen molar-refractivity contribution in [3.63, 3.8) is 0 Å². The van der Waals surface area contributed by atoms with Gasteiger partial charge in [-0.05, 0) is 43.3 Å². The van der Waals surface area contributed by atoms with Crippen LogP contribution in [0.4, 0.5) is 4.39 Å². The van der Waals surface area contributed by atoms with E-state index in [1.807, 2.05) is 12.1 Å². The van der Waals surface area contributed by atoms with Crippen LogP contribution in [-0.2, 0) is 0 Å². The molecule has 0 saturated heterocycles. The lowest BCUT2D eigenvalue weighted by atomic mass is 10.1. The Kier molecular flexibility index (Phi) is 5.30. The Balaban J connectivity index is 2.19. The molecule has 0 atom stereocenters. The van der Waals surface area contributed by atoms with E-state index < -0.39 is 5.82 Å². The molecular weight excluding hydrogens is 390 g/mol. The molecule has 3 aromatic rings. The number of hydrogen-bond acceptors (Lipinski definition) is 3. The van der Waals surface area contributed by atoms with E-state index in [4.69, 9.17) is 34.8 Å². The maximum Gasteiger partial charge on any atom is 0.160 e. The second-order valence-corrected chi connectivity index (χ2v) is 7.22. The molecule has 0 unspecified atom stereocenters. The molecule has 0 aliphatic rings. The van der Waals surface area contributed by atoms with Gasteiger partial charge in [0.25, 0.3) is 0 Å². The third-order valence-corrected chi connectivity index (χ3v) is 5.34. The van der Waals surface area contributed by atoms with Crippen LogP contribution < -0.4 is 0 Å². The molecule has 2 aromatic carbocycles. The highest BCUT2D eigenvalue weighted by molar-refractivity contribution is 7.99. The minimum absolute atomic E-state index is 0.101. The van der Waals surface area contributed by atoms with Gasteiger partial charge >= 0.3 is 0 Å². The number of aromatic nitrogens is 2. The molecule has 3 rings (SSSR count). The molecule has 0 saturated carbocycles. The summed E-state index contributed by atoms with van der Waals surface area (Å²) in [6.07, 6.45) is 0. The monoisotopic (exact) mass is 398 g/mol. The summed E-state index contributed by atoms with van der Waals surface area (Å²) in [5.41, 5.74) is 1.29. The molecule has 2 nitrogen and oxygen atoms in total. The fourth-order valence-corrected chi connectivity index (χ4v) is 3.85. The topological polar surface area (TPSA) is 25.8 Å². The van der Waals surface area contributed by atoms with Crippen LogP contribution in [0.5, 0.6) is 0 Å². The molecule has 0 bridgehead atoms. The molecule has 1 heterocycles. The molecule has 0 aliphatic carbocycles. The lowest BCUT2D eigenvalue weighted by Crippen LogP contribution is -1.98. The first kappa shape index (κ1) is 17.5. The number of hydrogen-bond donors (Lipinski definition) is 0. The van der Waals surface area contributed by atoms with Gasteiger partial charge in [0.2, 0.25) is 0 Å². The second-order valence-electron chi connectivity index (χ2n) is 4.93. The van der Waals surface area contributed by atoms with Gasteiger partial charge in [-0.2, -0.15) is 5.10 Å². The van der Waals surface area contributed by atoms with Crippen molar-refractivity contribution in [3.8, 4) is 11.1 Å². The predicted octanol–water partition coefficient (Wildman–Crippen LogP) is 6.70. The second kappa shape index (κ2) is 7.28. The van der Waals surface area contributed by atoms with Gasteiger partial charge in [-0.15, -0.1) is 5.10 Å². The summed E-state index contributed by atoms with van der Waals surface area (Å²) < 4.78 is 14.4. The first-order valence-corrected chi connectivity index (χ1v) is 8.83. The van der Waals surface area contributed by atoms with E-state index in [9.17, 15) is 4.39 Å². The van der Waals surface area contributed by atoms with E-state index in [-0.39, 0.29) is 15.7 Å². The van der Waals surface area contributed by atoms with Crippen LogP contribution in [0.3, 0.4) is 0 Å². The first-order valence-electron chi connectivity index (χ1n) is 6.88. The average Bonchev–Trinajstić information content (AvgIpc) is 2.55. The Labute approximate surface area is 158 Å². The van der Waals surface area contributed by atoms with E-state index in [2.05, 4.69) is 10.2 Å². The van der Waals surface area contributed by atoms with Crippen molar-refractivity contribution in [2.75, 3.05) is 0 Å². The van der Waals surface area contributed by atoms with Gasteiger partial charge in [-0.25, -0.2) is 4.39 Å². The lowest BCUT2D eigenvalue weighted by Gasteiger charge is -2.14. The normalized spacial score (nSPS) is 10.9. The average molecular weight is 400 g/mol. The molecule has 0 spiro atoms. The lowest BCUT2D eigenvalue weighted by molar-refractivity contribution is 0.630. The fraction of sp³-hybridized carbons (Fsp3) is 0.0588. The van der Waals surface area contributed by atoms with Crippen LogP contribution in [0.25, 0.3) is 11.1 Å². The van der Waals surface area contributed by atoms with Crippen molar-refractivity contribution < 1.29 is 4.39 Å². The third-order valence-electron chi connectivity index (χ3n) is 3.30. The van der Waals surface area contributed by atoms with E-state index in [0.29, 0.717) is 21.2 Å². The highest BCUT2D eigenvalue weighted by Gasteiger charge is 2.21. The number of benzene rings is 2. The summed E-state index contributed by atoms with van der Waals surface area (Å²) in [5.74, 6) is -0.463. The molecule has 24 heavy (non-hydrogen) atoms. The van der Waals surface area contributed by atoms with Crippen LogP contribution in [-0.4, -0.2) is 10.2 Å². The van der Waals surface area contributed by atoms with Crippen molar-refractivity contribution >= 4 is 46.6 Å². The Morgan fingerprint density at radius 2 is 1.62 bits per heavy atom. The van der Waals surface area contributed by atoms with Crippen LogP contribution in [0.2, 0.25) is 15.2 Å². The zero-order valence-corrected chi connectivity index (χ0v) is 15.4. The van der Waals surface area contributed by atoms with Gasteiger partial charge in [0.05, 0.1) is 10.7 Å². The largest absolute Gasteiger partial charge is 0.206 e. The van der Waals surface area contributed by atoms with Crippen molar-refractivity contribution in [1.29, 1.82) is 0 Å². The van der Waals surface area contributed by atoms with Gasteiger partial charge < -0.3 is 0 Å². The molecule has 0 radical (unpaired) electrons. The van der Waals surface area contributed by atoms with Gasteiger partial charge in [-0.1, -0.05) is 52.6 Å². The van der Waals surface area contributed by atoms with Crippen molar-refractivity contribution in [2.24, 2.45) is 0 Å². The van der Waals surface area contributed by atoms with E-state index in [1.165, 1.54) is 17.8 Å². The van der Waals surface area contributed by atoms with Crippen LogP contribution in [0.15, 0.2) is 52.3 Å².